The Morgan fingerprint density at radius 1 is 1.07 bits per heavy atom. The minimum atomic E-state index is -2.94. The van der Waals surface area contributed by atoms with E-state index >= 15 is 0 Å². The smallest absolute Gasteiger partial charge is 0.296 e. The van der Waals surface area contributed by atoms with Gasteiger partial charge in [0.25, 0.3) is 0 Å². The second kappa shape index (κ2) is 4.17. The quantitative estimate of drug-likeness (QED) is 0.653. The molecule has 0 aromatic carbocycles. The summed E-state index contributed by atoms with van der Waals surface area (Å²) in [5, 5.41) is 0. The first kappa shape index (κ1) is 11.6. The van der Waals surface area contributed by atoms with Crippen LogP contribution in [0.1, 0.15) is 33.1 Å². The van der Waals surface area contributed by atoms with Gasteiger partial charge in [-0.25, -0.2) is 9.24 Å². The maximum absolute atomic E-state index is 12.4. The van der Waals surface area contributed by atoms with Crippen LogP contribution in [0.5, 0.6) is 0 Å². The topological polar surface area (TPSA) is 38.8 Å². The summed E-state index contributed by atoms with van der Waals surface area (Å²) in [6.45, 7) is 6.87. The van der Waals surface area contributed by atoms with Gasteiger partial charge in [-0.2, -0.15) is 0 Å². The number of hydrogen-bond donors (Lipinski definition) is 0. The first-order chi connectivity index (χ1) is 7.02. The number of hydrogen-bond acceptors (Lipinski definition) is 3. The fourth-order valence-electron chi connectivity index (χ4n) is 1.88. The van der Waals surface area contributed by atoms with Gasteiger partial charge in [0.1, 0.15) is 0 Å². The molecule has 0 aromatic heterocycles. The van der Waals surface area contributed by atoms with Crippen molar-refractivity contribution in [2.75, 3.05) is 26.3 Å². The summed E-state index contributed by atoms with van der Waals surface area (Å²) < 4.78 is 25.2. The molecule has 0 aromatic rings. The SMILES string of the molecule is CC1(C)COP(=O)(N2CCCCC2)OC1. The van der Waals surface area contributed by atoms with Gasteiger partial charge in [-0.15, -0.1) is 0 Å². The van der Waals surface area contributed by atoms with Crippen molar-refractivity contribution in [3.05, 3.63) is 0 Å². The van der Waals surface area contributed by atoms with E-state index in [0.29, 0.717) is 13.2 Å². The Hall–Kier alpha value is 0.110. The highest BCUT2D eigenvalue weighted by Crippen LogP contribution is 2.57. The third-order valence-electron chi connectivity index (χ3n) is 2.92. The van der Waals surface area contributed by atoms with Crippen LogP contribution in [0, 0.1) is 5.41 Å². The number of piperidine rings is 1. The maximum Gasteiger partial charge on any atom is 0.408 e. The molecule has 0 radical (unpaired) electrons. The minimum absolute atomic E-state index is 0.0102. The van der Waals surface area contributed by atoms with Gasteiger partial charge in [-0.05, 0) is 12.8 Å². The molecule has 0 bridgehead atoms. The first-order valence-electron chi connectivity index (χ1n) is 5.66. The van der Waals surface area contributed by atoms with Crippen LogP contribution >= 0.6 is 7.75 Å². The molecular weight excluding hydrogens is 213 g/mol. The van der Waals surface area contributed by atoms with Crippen LogP contribution in [0.25, 0.3) is 0 Å². The van der Waals surface area contributed by atoms with Crippen LogP contribution in [-0.2, 0) is 13.6 Å². The Kier molecular flexibility index (Phi) is 3.22. The molecule has 0 aliphatic carbocycles. The lowest BCUT2D eigenvalue weighted by atomic mass is 9.97. The van der Waals surface area contributed by atoms with Crippen LogP contribution in [0.4, 0.5) is 0 Å². The molecule has 2 saturated heterocycles. The van der Waals surface area contributed by atoms with Crippen molar-refractivity contribution in [2.24, 2.45) is 5.41 Å². The molecular formula is C10H20NO3P. The van der Waals surface area contributed by atoms with Crippen molar-refractivity contribution >= 4 is 7.75 Å². The molecule has 2 aliphatic rings. The largest absolute Gasteiger partial charge is 0.408 e. The van der Waals surface area contributed by atoms with E-state index in [1.54, 1.807) is 0 Å². The van der Waals surface area contributed by atoms with E-state index in [9.17, 15) is 4.57 Å². The molecule has 0 amide bonds. The third kappa shape index (κ3) is 2.62. The van der Waals surface area contributed by atoms with Crippen LogP contribution in [0.15, 0.2) is 0 Å². The van der Waals surface area contributed by atoms with Crippen LogP contribution < -0.4 is 0 Å². The van der Waals surface area contributed by atoms with Gasteiger partial charge in [0, 0.05) is 18.5 Å². The number of rotatable bonds is 1. The lowest BCUT2D eigenvalue weighted by Gasteiger charge is -2.39. The Morgan fingerprint density at radius 2 is 1.60 bits per heavy atom. The standard InChI is InChI=1S/C10H20NO3P/c1-10(2)8-13-15(12,14-9-10)11-6-4-3-5-7-11/h3-9H2,1-2H3. The summed E-state index contributed by atoms with van der Waals surface area (Å²) in [6.07, 6.45) is 3.42. The van der Waals surface area contributed by atoms with Gasteiger partial charge < -0.3 is 0 Å². The van der Waals surface area contributed by atoms with Crippen LogP contribution in [0.3, 0.4) is 0 Å². The molecule has 4 nitrogen and oxygen atoms in total. The van der Waals surface area contributed by atoms with Crippen LogP contribution in [-0.4, -0.2) is 31.0 Å². The van der Waals surface area contributed by atoms with Crippen molar-refractivity contribution in [1.29, 1.82) is 0 Å². The van der Waals surface area contributed by atoms with Crippen LogP contribution in [0.2, 0.25) is 0 Å². The van der Waals surface area contributed by atoms with E-state index < -0.39 is 7.75 Å². The minimum Gasteiger partial charge on any atom is -0.296 e. The molecule has 15 heavy (non-hydrogen) atoms. The molecule has 0 N–H and O–H groups in total. The van der Waals surface area contributed by atoms with E-state index in [2.05, 4.69) is 13.8 Å². The van der Waals surface area contributed by atoms with Gasteiger partial charge >= 0.3 is 7.75 Å². The van der Waals surface area contributed by atoms with E-state index in [-0.39, 0.29) is 5.41 Å². The summed E-state index contributed by atoms with van der Waals surface area (Å²) in [7, 11) is -2.94. The Morgan fingerprint density at radius 3 is 2.13 bits per heavy atom. The Balaban J connectivity index is 1.99. The summed E-state index contributed by atoms with van der Waals surface area (Å²) in [4.78, 5) is 0. The van der Waals surface area contributed by atoms with Crippen molar-refractivity contribution in [2.45, 2.75) is 33.1 Å². The molecule has 0 saturated carbocycles. The van der Waals surface area contributed by atoms with E-state index in [1.165, 1.54) is 6.42 Å². The highest BCUT2D eigenvalue weighted by atomic mass is 31.2. The maximum atomic E-state index is 12.4. The summed E-state index contributed by atoms with van der Waals surface area (Å²) in [6, 6.07) is 0. The highest BCUT2D eigenvalue weighted by molar-refractivity contribution is 7.51. The van der Waals surface area contributed by atoms with Gasteiger partial charge in [0.15, 0.2) is 0 Å². The Labute approximate surface area is 91.5 Å². The Bertz CT molecular complexity index is 260. The second-order valence-electron chi connectivity index (χ2n) is 5.19. The van der Waals surface area contributed by atoms with Crippen molar-refractivity contribution in [3.8, 4) is 0 Å². The molecule has 2 heterocycles. The van der Waals surface area contributed by atoms with Crippen molar-refractivity contribution in [1.82, 2.24) is 4.67 Å². The average Bonchev–Trinajstić information content (AvgIpc) is 2.24. The lowest BCUT2D eigenvalue weighted by molar-refractivity contribution is 0.0189. The third-order valence-corrected chi connectivity index (χ3v) is 4.92. The average molecular weight is 233 g/mol. The van der Waals surface area contributed by atoms with E-state index in [0.717, 1.165) is 25.9 Å². The van der Waals surface area contributed by atoms with Gasteiger partial charge in [0.2, 0.25) is 0 Å². The van der Waals surface area contributed by atoms with E-state index in [4.69, 9.17) is 9.05 Å². The molecule has 0 atom stereocenters. The summed E-state index contributed by atoms with van der Waals surface area (Å²) in [5.41, 5.74) is -0.0102. The van der Waals surface area contributed by atoms with Crippen molar-refractivity contribution < 1.29 is 13.6 Å². The molecule has 0 spiro atoms. The fraction of sp³-hybridized carbons (Fsp3) is 1.00. The second-order valence-corrected chi connectivity index (χ2v) is 7.21. The fourth-order valence-corrected chi connectivity index (χ4v) is 4.08. The lowest BCUT2D eigenvalue weighted by Crippen LogP contribution is -2.36. The predicted molar refractivity (Wildman–Crippen MR) is 58.7 cm³/mol. The zero-order valence-electron chi connectivity index (χ0n) is 9.57. The first-order valence-corrected chi connectivity index (χ1v) is 7.16. The molecule has 2 aliphatic heterocycles. The summed E-state index contributed by atoms with van der Waals surface area (Å²) >= 11 is 0. The highest BCUT2D eigenvalue weighted by Gasteiger charge is 2.41. The monoisotopic (exact) mass is 233 g/mol. The van der Waals surface area contributed by atoms with Gasteiger partial charge in [-0.3, -0.25) is 9.05 Å². The molecule has 2 rings (SSSR count). The zero-order chi connectivity index (χ0) is 10.9. The normalized spacial score (nSPS) is 31.3. The van der Waals surface area contributed by atoms with Crippen molar-refractivity contribution in [3.63, 3.8) is 0 Å². The molecule has 88 valence electrons. The predicted octanol–water partition coefficient (Wildman–Crippen LogP) is 2.65. The molecule has 2 fully saturated rings. The van der Waals surface area contributed by atoms with E-state index in [1.807, 2.05) is 4.67 Å². The summed E-state index contributed by atoms with van der Waals surface area (Å²) in [5.74, 6) is 0. The zero-order valence-corrected chi connectivity index (χ0v) is 10.5. The van der Waals surface area contributed by atoms with Gasteiger partial charge in [0.05, 0.1) is 13.2 Å². The number of nitrogens with zero attached hydrogens (tertiary/aromatic N) is 1. The molecule has 0 unspecified atom stereocenters. The van der Waals surface area contributed by atoms with Gasteiger partial charge in [-0.1, -0.05) is 20.3 Å². The molecule has 5 heteroatoms.